The number of carbonyl (C=O) groups excluding carboxylic acids is 1. The van der Waals surface area contributed by atoms with E-state index in [4.69, 9.17) is 0 Å². The molecule has 0 atom stereocenters. The number of fused-ring (bicyclic) bond motifs is 1. The Balaban J connectivity index is 1.63. The molecule has 23 heavy (non-hydrogen) atoms. The number of hydrogen-bond acceptors (Lipinski definition) is 3. The SMILES string of the molecule is O=C(Cn1ccc(C(F)(F)F)n1)N/N=C1\CCc2ccccc21. The Kier molecular flexibility index (Phi) is 3.89. The summed E-state index contributed by atoms with van der Waals surface area (Å²) in [5.41, 5.74) is 4.27. The molecule has 0 aliphatic heterocycles. The van der Waals surface area contributed by atoms with E-state index in [9.17, 15) is 18.0 Å². The van der Waals surface area contributed by atoms with Gasteiger partial charge >= 0.3 is 6.18 Å². The van der Waals surface area contributed by atoms with Crippen LogP contribution in [0.1, 0.15) is 23.2 Å². The standard InChI is InChI=1S/C15H13F3N4O/c16-15(17,18)13-7-8-22(21-13)9-14(23)20-19-12-6-5-10-3-1-2-4-11(10)12/h1-4,7-8H,5-6,9H2,(H,20,23)/b19-12+. The maximum Gasteiger partial charge on any atom is 0.435 e. The first-order valence-electron chi connectivity index (χ1n) is 6.98. The first-order chi connectivity index (χ1) is 10.9. The molecule has 1 aliphatic carbocycles. The zero-order valence-electron chi connectivity index (χ0n) is 12.0. The monoisotopic (exact) mass is 322 g/mol. The van der Waals surface area contributed by atoms with Crippen LogP contribution in [0.4, 0.5) is 13.2 Å². The second-order valence-electron chi connectivity index (χ2n) is 5.15. The maximum atomic E-state index is 12.4. The van der Waals surface area contributed by atoms with Crippen molar-refractivity contribution >= 4 is 11.6 Å². The van der Waals surface area contributed by atoms with Crippen molar-refractivity contribution in [2.45, 2.75) is 25.6 Å². The predicted octanol–water partition coefficient (Wildman–Crippen LogP) is 2.37. The molecule has 0 saturated heterocycles. The summed E-state index contributed by atoms with van der Waals surface area (Å²) in [6.07, 6.45) is -1.82. The molecule has 0 saturated carbocycles. The molecule has 1 aromatic carbocycles. The van der Waals surface area contributed by atoms with Crippen LogP contribution in [0.15, 0.2) is 41.6 Å². The van der Waals surface area contributed by atoms with E-state index in [1.54, 1.807) is 0 Å². The Hall–Kier alpha value is -2.64. The molecule has 1 heterocycles. The highest BCUT2D eigenvalue weighted by Gasteiger charge is 2.33. The van der Waals surface area contributed by atoms with Crippen LogP contribution in [0.3, 0.4) is 0 Å². The minimum absolute atomic E-state index is 0.325. The number of carbonyl (C=O) groups is 1. The number of amides is 1. The molecular weight excluding hydrogens is 309 g/mol. The second-order valence-corrected chi connectivity index (χ2v) is 5.15. The summed E-state index contributed by atoms with van der Waals surface area (Å²) in [6.45, 7) is -0.325. The Labute approximate surface area is 129 Å². The van der Waals surface area contributed by atoms with Gasteiger partial charge < -0.3 is 0 Å². The van der Waals surface area contributed by atoms with Gasteiger partial charge in [-0.05, 0) is 24.5 Å². The van der Waals surface area contributed by atoms with Crippen molar-refractivity contribution in [3.8, 4) is 0 Å². The molecule has 3 rings (SSSR count). The van der Waals surface area contributed by atoms with E-state index in [0.29, 0.717) is 0 Å². The summed E-state index contributed by atoms with van der Waals surface area (Å²) in [5.74, 6) is -0.529. The second kappa shape index (κ2) is 5.86. The molecule has 1 aliphatic rings. The van der Waals surface area contributed by atoms with Crippen LogP contribution in [0.25, 0.3) is 0 Å². The number of halogens is 3. The summed E-state index contributed by atoms with van der Waals surface area (Å²) >= 11 is 0. The fourth-order valence-corrected chi connectivity index (χ4v) is 2.44. The third-order valence-electron chi connectivity index (χ3n) is 3.51. The van der Waals surface area contributed by atoms with E-state index >= 15 is 0 Å². The molecular formula is C15H13F3N4O. The zero-order chi connectivity index (χ0) is 16.4. The van der Waals surface area contributed by atoms with Crippen molar-refractivity contribution in [1.82, 2.24) is 15.2 Å². The lowest BCUT2D eigenvalue weighted by Crippen LogP contribution is -2.25. The number of hydrazone groups is 1. The van der Waals surface area contributed by atoms with Gasteiger partial charge in [0.15, 0.2) is 5.69 Å². The Morgan fingerprint density at radius 3 is 2.78 bits per heavy atom. The third-order valence-corrected chi connectivity index (χ3v) is 3.51. The average molecular weight is 322 g/mol. The molecule has 0 radical (unpaired) electrons. The fraction of sp³-hybridized carbons (Fsp3) is 0.267. The Morgan fingerprint density at radius 1 is 1.26 bits per heavy atom. The van der Waals surface area contributed by atoms with E-state index in [0.717, 1.165) is 41.1 Å². The van der Waals surface area contributed by atoms with Gasteiger partial charge in [0.05, 0.1) is 5.71 Å². The number of nitrogens with one attached hydrogen (secondary N) is 1. The van der Waals surface area contributed by atoms with Gasteiger partial charge in [0.25, 0.3) is 5.91 Å². The topological polar surface area (TPSA) is 59.3 Å². The first-order valence-corrected chi connectivity index (χ1v) is 6.98. The highest BCUT2D eigenvalue weighted by molar-refractivity contribution is 6.04. The normalized spacial score (nSPS) is 15.7. The molecule has 1 amide bonds. The number of alkyl halides is 3. The van der Waals surface area contributed by atoms with Crippen molar-refractivity contribution in [2.75, 3.05) is 0 Å². The van der Waals surface area contributed by atoms with Crippen LogP contribution in [0.2, 0.25) is 0 Å². The van der Waals surface area contributed by atoms with Crippen LogP contribution in [-0.4, -0.2) is 21.4 Å². The third kappa shape index (κ3) is 3.41. The molecule has 0 fully saturated rings. The van der Waals surface area contributed by atoms with Crippen molar-refractivity contribution in [1.29, 1.82) is 0 Å². The molecule has 0 bridgehead atoms. The van der Waals surface area contributed by atoms with Crippen molar-refractivity contribution in [2.24, 2.45) is 5.10 Å². The number of rotatable bonds is 3. The predicted molar refractivity (Wildman–Crippen MR) is 76.7 cm³/mol. The van der Waals surface area contributed by atoms with E-state index in [1.165, 1.54) is 5.56 Å². The Morgan fingerprint density at radius 2 is 2.04 bits per heavy atom. The number of nitrogens with zero attached hydrogens (tertiary/aromatic N) is 3. The van der Waals surface area contributed by atoms with Crippen LogP contribution in [-0.2, 0) is 23.9 Å². The van der Waals surface area contributed by atoms with Gasteiger partial charge in [-0.15, -0.1) is 0 Å². The fourth-order valence-electron chi connectivity index (χ4n) is 2.44. The van der Waals surface area contributed by atoms with E-state index in [1.807, 2.05) is 24.3 Å². The maximum absolute atomic E-state index is 12.4. The van der Waals surface area contributed by atoms with Crippen LogP contribution < -0.4 is 5.43 Å². The minimum atomic E-state index is -4.52. The van der Waals surface area contributed by atoms with Gasteiger partial charge in [-0.2, -0.15) is 23.4 Å². The molecule has 0 unspecified atom stereocenters. The van der Waals surface area contributed by atoms with Gasteiger partial charge in [0, 0.05) is 11.8 Å². The highest BCUT2D eigenvalue weighted by atomic mass is 19.4. The lowest BCUT2D eigenvalue weighted by molar-refractivity contribution is -0.141. The van der Waals surface area contributed by atoms with Crippen LogP contribution >= 0.6 is 0 Å². The highest BCUT2D eigenvalue weighted by Crippen LogP contribution is 2.27. The summed E-state index contributed by atoms with van der Waals surface area (Å²) in [6, 6.07) is 8.59. The minimum Gasteiger partial charge on any atom is -0.271 e. The van der Waals surface area contributed by atoms with Gasteiger partial charge in [-0.3, -0.25) is 9.48 Å². The van der Waals surface area contributed by atoms with E-state index in [-0.39, 0.29) is 6.54 Å². The molecule has 5 nitrogen and oxygen atoms in total. The molecule has 0 spiro atoms. The van der Waals surface area contributed by atoms with Gasteiger partial charge in [0.1, 0.15) is 6.54 Å². The largest absolute Gasteiger partial charge is 0.435 e. The smallest absolute Gasteiger partial charge is 0.271 e. The lowest BCUT2D eigenvalue weighted by Gasteiger charge is -2.04. The van der Waals surface area contributed by atoms with E-state index < -0.39 is 17.8 Å². The molecule has 1 aromatic heterocycles. The molecule has 1 N–H and O–H groups in total. The quantitative estimate of drug-likeness (QED) is 0.882. The number of aromatic nitrogens is 2. The first kappa shape index (κ1) is 15.3. The number of hydrogen-bond donors (Lipinski definition) is 1. The van der Waals surface area contributed by atoms with Crippen LogP contribution in [0.5, 0.6) is 0 Å². The summed E-state index contributed by atoms with van der Waals surface area (Å²) in [4.78, 5) is 11.8. The van der Waals surface area contributed by atoms with Crippen LogP contribution in [0, 0.1) is 0 Å². The van der Waals surface area contributed by atoms with Crippen molar-refractivity contribution in [3.63, 3.8) is 0 Å². The van der Waals surface area contributed by atoms with Gasteiger partial charge in [-0.25, -0.2) is 5.43 Å². The summed E-state index contributed by atoms with van der Waals surface area (Å²) in [5, 5.41) is 7.39. The Bertz CT molecular complexity index is 764. The van der Waals surface area contributed by atoms with Gasteiger partial charge in [-0.1, -0.05) is 24.3 Å². The average Bonchev–Trinajstić information content (AvgIpc) is 3.11. The van der Waals surface area contributed by atoms with E-state index in [2.05, 4.69) is 15.6 Å². The molecule has 8 heteroatoms. The van der Waals surface area contributed by atoms with Crippen molar-refractivity contribution in [3.05, 3.63) is 53.3 Å². The molecule has 120 valence electrons. The lowest BCUT2D eigenvalue weighted by atomic mass is 10.1. The molecule has 2 aromatic rings. The summed E-state index contributed by atoms with van der Waals surface area (Å²) < 4.78 is 38.2. The van der Waals surface area contributed by atoms with Gasteiger partial charge in [0.2, 0.25) is 0 Å². The number of benzene rings is 1. The number of aryl methyl sites for hydroxylation is 1. The van der Waals surface area contributed by atoms with Crippen molar-refractivity contribution < 1.29 is 18.0 Å². The zero-order valence-corrected chi connectivity index (χ0v) is 12.0. The summed E-state index contributed by atoms with van der Waals surface area (Å²) in [7, 11) is 0.